The number of carbonyl (C=O) groups excluding carboxylic acids is 1. The monoisotopic (exact) mass is 386 g/mol. The maximum Gasteiger partial charge on any atom is 0.517 e. The molecule has 1 heterocycles. The van der Waals surface area contributed by atoms with Crippen LogP contribution in [0.3, 0.4) is 0 Å². The minimum atomic E-state index is -0.512. The van der Waals surface area contributed by atoms with Crippen LogP contribution in [-0.2, 0) is 4.74 Å². The van der Waals surface area contributed by atoms with Gasteiger partial charge in [0.15, 0.2) is 0 Å². The van der Waals surface area contributed by atoms with Crippen LogP contribution < -0.4 is 5.32 Å². The molecule has 0 saturated carbocycles. The van der Waals surface area contributed by atoms with Crippen LogP contribution in [0.15, 0.2) is 18.2 Å². The van der Waals surface area contributed by atoms with Crippen molar-refractivity contribution in [3.05, 3.63) is 34.9 Å². The van der Waals surface area contributed by atoms with Crippen molar-refractivity contribution in [2.75, 3.05) is 26.2 Å². The standard InChI is InChI=1S/C23H36N3O2/c1-6-7-8-9-21(19-10-11-20(17-24)18(2)16-19)26(14-12-25-13-15-26)22(27)28-23(3,4)5/h10-11,16,21,25H,6-9,12-15H2,1-5H3/q+1. The minimum absolute atomic E-state index is 0.0509. The predicted octanol–water partition coefficient (Wildman–Crippen LogP) is 4.84. The Kier molecular flexibility index (Phi) is 7.63. The van der Waals surface area contributed by atoms with Gasteiger partial charge < -0.3 is 10.1 Å². The second-order valence-corrected chi connectivity index (χ2v) is 8.91. The van der Waals surface area contributed by atoms with Crippen molar-refractivity contribution < 1.29 is 14.0 Å². The van der Waals surface area contributed by atoms with Gasteiger partial charge in [0.1, 0.15) is 24.7 Å². The Morgan fingerprint density at radius 2 is 1.96 bits per heavy atom. The molecule has 5 nitrogen and oxygen atoms in total. The summed E-state index contributed by atoms with van der Waals surface area (Å²) in [7, 11) is 0. The van der Waals surface area contributed by atoms with Gasteiger partial charge in [-0.05, 0) is 51.8 Å². The van der Waals surface area contributed by atoms with E-state index in [0.29, 0.717) is 10.0 Å². The first-order valence-corrected chi connectivity index (χ1v) is 10.5. The van der Waals surface area contributed by atoms with E-state index in [1.54, 1.807) is 0 Å². The number of aryl methyl sites for hydroxylation is 1. The quantitative estimate of drug-likeness (QED) is 0.561. The number of nitrogens with one attached hydrogen (secondary N) is 1. The van der Waals surface area contributed by atoms with Gasteiger partial charge in [0.05, 0.1) is 11.6 Å². The third-order valence-corrected chi connectivity index (χ3v) is 5.57. The lowest BCUT2D eigenvalue weighted by Crippen LogP contribution is -2.64. The van der Waals surface area contributed by atoms with Crippen LogP contribution >= 0.6 is 0 Å². The summed E-state index contributed by atoms with van der Waals surface area (Å²) in [6.45, 7) is 13.0. The van der Waals surface area contributed by atoms with Gasteiger partial charge in [-0.1, -0.05) is 25.8 Å². The number of carbonyl (C=O) groups is 1. The van der Waals surface area contributed by atoms with Gasteiger partial charge in [0.25, 0.3) is 0 Å². The molecule has 1 aromatic carbocycles. The van der Waals surface area contributed by atoms with Crippen LogP contribution in [0.1, 0.15) is 76.1 Å². The Hall–Kier alpha value is -1.90. The van der Waals surface area contributed by atoms with E-state index >= 15 is 0 Å². The maximum absolute atomic E-state index is 13.5. The molecule has 0 aliphatic carbocycles. The SMILES string of the molecule is CCCCCC(c1ccc(C#N)c(C)c1)[N+]1(C(=O)OC(C)(C)C)CCNCC1. The molecule has 5 heteroatoms. The lowest BCUT2D eigenvalue weighted by atomic mass is 9.93. The minimum Gasteiger partial charge on any atom is -0.414 e. The Morgan fingerprint density at radius 1 is 1.29 bits per heavy atom. The summed E-state index contributed by atoms with van der Waals surface area (Å²) in [5.41, 5.74) is 2.29. The van der Waals surface area contributed by atoms with Crippen molar-refractivity contribution in [2.45, 2.75) is 71.9 Å². The van der Waals surface area contributed by atoms with Crippen LogP contribution in [0.4, 0.5) is 4.79 Å². The van der Waals surface area contributed by atoms with Crippen molar-refractivity contribution in [3.8, 4) is 6.07 Å². The number of benzene rings is 1. The van der Waals surface area contributed by atoms with E-state index < -0.39 is 5.60 Å². The van der Waals surface area contributed by atoms with E-state index in [1.165, 1.54) is 0 Å². The van der Waals surface area contributed by atoms with E-state index in [2.05, 4.69) is 24.4 Å². The third kappa shape index (κ3) is 5.33. The lowest BCUT2D eigenvalue weighted by molar-refractivity contribution is -0.892. The van der Waals surface area contributed by atoms with Gasteiger partial charge in [-0.25, -0.2) is 4.48 Å². The largest absolute Gasteiger partial charge is 0.517 e. The first kappa shape index (κ1) is 22.4. The van der Waals surface area contributed by atoms with E-state index in [9.17, 15) is 10.1 Å². The molecule has 1 amide bonds. The Balaban J connectivity index is 2.48. The molecule has 154 valence electrons. The number of hydrogen-bond acceptors (Lipinski definition) is 4. The molecule has 0 bridgehead atoms. The number of rotatable bonds is 6. The highest BCUT2D eigenvalue weighted by Gasteiger charge is 2.48. The van der Waals surface area contributed by atoms with Crippen LogP contribution in [-0.4, -0.2) is 42.4 Å². The first-order valence-electron chi connectivity index (χ1n) is 10.5. The summed E-state index contributed by atoms with van der Waals surface area (Å²) < 4.78 is 6.25. The van der Waals surface area contributed by atoms with Crippen molar-refractivity contribution in [3.63, 3.8) is 0 Å². The Bertz CT molecular complexity index is 710. The van der Waals surface area contributed by atoms with Crippen LogP contribution in [0.25, 0.3) is 0 Å². The highest BCUT2D eigenvalue weighted by atomic mass is 16.6. The first-order chi connectivity index (χ1) is 13.2. The molecule has 1 unspecified atom stereocenters. The van der Waals surface area contributed by atoms with E-state index in [0.717, 1.165) is 63.0 Å². The smallest absolute Gasteiger partial charge is 0.414 e. The average molecular weight is 387 g/mol. The number of amides is 1. The molecular formula is C23H36N3O2+. The van der Waals surface area contributed by atoms with Crippen LogP contribution in [0.2, 0.25) is 0 Å². The highest BCUT2D eigenvalue weighted by molar-refractivity contribution is 5.61. The average Bonchev–Trinajstić information content (AvgIpc) is 2.64. The molecular weight excluding hydrogens is 350 g/mol. The molecule has 1 fully saturated rings. The zero-order valence-electron chi connectivity index (χ0n) is 18.2. The number of ether oxygens (including phenoxy) is 1. The van der Waals surface area contributed by atoms with E-state index in [-0.39, 0.29) is 12.1 Å². The third-order valence-electron chi connectivity index (χ3n) is 5.57. The number of quaternary nitrogens is 1. The summed E-state index contributed by atoms with van der Waals surface area (Å²) in [6, 6.07) is 8.33. The Labute approximate surface area is 170 Å². The summed E-state index contributed by atoms with van der Waals surface area (Å²) >= 11 is 0. The van der Waals surface area contributed by atoms with E-state index in [1.807, 2.05) is 39.8 Å². The fraction of sp³-hybridized carbons (Fsp3) is 0.652. The summed E-state index contributed by atoms with van der Waals surface area (Å²) in [4.78, 5) is 13.5. The van der Waals surface area contributed by atoms with Gasteiger partial charge in [-0.3, -0.25) is 0 Å². The van der Waals surface area contributed by atoms with Gasteiger partial charge in [0, 0.05) is 25.1 Å². The molecule has 1 aliphatic rings. The molecule has 1 aliphatic heterocycles. The zero-order chi connectivity index (χ0) is 20.8. The second kappa shape index (κ2) is 9.54. The number of nitrogens with zero attached hydrogens (tertiary/aromatic N) is 2. The normalized spacial score (nSPS) is 17.6. The number of unbranched alkanes of at least 4 members (excludes halogenated alkanes) is 2. The van der Waals surface area contributed by atoms with E-state index in [4.69, 9.17) is 4.74 Å². The maximum atomic E-state index is 13.5. The molecule has 0 radical (unpaired) electrons. The topological polar surface area (TPSA) is 62.1 Å². The predicted molar refractivity (Wildman–Crippen MR) is 112 cm³/mol. The highest BCUT2D eigenvalue weighted by Crippen LogP contribution is 2.37. The summed E-state index contributed by atoms with van der Waals surface area (Å²) in [5.74, 6) is 0. The zero-order valence-corrected chi connectivity index (χ0v) is 18.2. The fourth-order valence-corrected chi connectivity index (χ4v) is 4.07. The molecule has 28 heavy (non-hydrogen) atoms. The van der Waals surface area contributed by atoms with Crippen molar-refractivity contribution in [2.24, 2.45) is 0 Å². The summed E-state index contributed by atoms with van der Waals surface area (Å²) in [6.07, 6.45) is 4.19. The molecule has 1 saturated heterocycles. The van der Waals surface area contributed by atoms with Crippen molar-refractivity contribution in [1.82, 2.24) is 5.32 Å². The molecule has 2 rings (SSSR count). The van der Waals surface area contributed by atoms with Gasteiger partial charge in [-0.2, -0.15) is 10.1 Å². The second-order valence-electron chi connectivity index (χ2n) is 8.91. The molecule has 1 N–H and O–H groups in total. The van der Waals surface area contributed by atoms with Gasteiger partial charge in [-0.15, -0.1) is 0 Å². The number of piperazine rings is 1. The molecule has 0 spiro atoms. The van der Waals surface area contributed by atoms with Gasteiger partial charge >= 0.3 is 6.09 Å². The number of nitriles is 1. The molecule has 1 aromatic rings. The fourth-order valence-electron chi connectivity index (χ4n) is 4.07. The van der Waals surface area contributed by atoms with Crippen molar-refractivity contribution >= 4 is 6.09 Å². The molecule has 1 atom stereocenters. The van der Waals surface area contributed by atoms with Crippen molar-refractivity contribution in [1.29, 1.82) is 5.26 Å². The lowest BCUT2D eigenvalue weighted by Gasteiger charge is -2.45. The van der Waals surface area contributed by atoms with Crippen LogP contribution in [0, 0.1) is 18.3 Å². The Morgan fingerprint density at radius 3 is 2.50 bits per heavy atom. The number of hydrogen-bond donors (Lipinski definition) is 1. The molecule has 0 aromatic heterocycles. The van der Waals surface area contributed by atoms with Crippen LogP contribution in [0.5, 0.6) is 0 Å². The van der Waals surface area contributed by atoms with Gasteiger partial charge in [0.2, 0.25) is 0 Å². The summed E-state index contributed by atoms with van der Waals surface area (Å²) in [5, 5.41) is 12.7.